The summed E-state index contributed by atoms with van der Waals surface area (Å²) in [5.74, 6) is 0.943. The molecule has 2 rings (SSSR count). The Kier molecular flexibility index (Phi) is 5.66. The molecule has 5 heteroatoms. The van der Waals surface area contributed by atoms with Crippen LogP contribution in [0.2, 0.25) is 0 Å². The normalized spacial score (nSPS) is 23.1. The number of nitrogens with zero attached hydrogens (tertiary/aromatic N) is 2. The maximum atomic E-state index is 5.43. The molecule has 1 heterocycles. The molecule has 0 aromatic carbocycles. The summed E-state index contributed by atoms with van der Waals surface area (Å²) in [7, 11) is 1.85. The molecule has 2 N–H and O–H groups in total. The Bertz CT molecular complexity index is 318. The Morgan fingerprint density at radius 3 is 2.50 bits per heavy atom. The summed E-state index contributed by atoms with van der Waals surface area (Å²) >= 11 is 0. The van der Waals surface area contributed by atoms with Gasteiger partial charge in [-0.25, -0.2) is 0 Å². The second-order valence-electron chi connectivity index (χ2n) is 6.46. The maximum absolute atomic E-state index is 5.43. The number of rotatable bonds is 4. The second kappa shape index (κ2) is 7.27. The molecule has 0 atom stereocenters. The van der Waals surface area contributed by atoms with Crippen molar-refractivity contribution >= 4 is 5.96 Å². The van der Waals surface area contributed by atoms with Crippen LogP contribution in [-0.4, -0.2) is 62.3 Å². The summed E-state index contributed by atoms with van der Waals surface area (Å²) in [4.78, 5) is 6.84. The molecule has 1 aliphatic carbocycles. The van der Waals surface area contributed by atoms with Gasteiger partial charge in [0, 0.05) is 38.3 Å². The number of hydrogen-bond donors (Lipinski definition) is 2. The van der Waals surface area contributed by atoms with Crippen LogP contribution < -0.4 is 10.6 Å². The van der Waals surface area contributed by atoms with Crippen LogP contribution in [0, 0.1) is 0 Å². The fraction of sp³-hybridized carbons (Fsp3) is 0.933. The van der Waals surface area contributed by atoms with E-state index in [0.717, 1.165) is 38.8 Å². The van der Waals surface area contributed by atoms with E-state index >= 15 is 0 Å². The van der Waals surface area contributed by atoms with Gasteiger partial charge in [0.15, 0.2) is 5.96 Å². The zero-order valence-electron chi connectivity index (χ0n) is 13.2. The summed E-state index contributed by atoms with van der Waals surface area (Å²) in [5, 5.41) is 7.03. The first-order valence-electron chi connectivity index (χ1n) is 7.92. The molecule has 5 nitrogen and oxygen atoms in total. The van der Waals surface area contributed by atoms with Crippen molar-refractivity contribution < 1.29 is 4.74 Å². The monoisotopic (exact) mass is 282 g/mol. The molecule has 116 valence electrons. The molecular formula is C15H30N4O. The number of morpholine rings is 1. The summed E-state index contributed by atoms with van der Waals surface area (Å²) in [5.41, 5.74) is 0.122. The van der Waals surface area contributed by atoms with Gasteiger partial charge < -0.3 is 15.4 Å². The van der Waals surface area contributed by atoms with Crippen LogP contribution in [0.3, 0.4) is 0 Å². The van der Waals surface area contributed by atoms with Gasteiger partial charge in [-0.3, -0.25) is 9.89 Å². The van der Waals surface area contributed by atoms with Crippen molar-refractivity contribution in [3.8, 4) is 0 Å². The summed E-state index contributed by atoms with van der Waals surface area (Å²) in [6.45, 7) is 9.20. The maximum Gasteiger partial charge on any atom is 0.191 e. The van der Waals surface area contributed by atoms with E-state index in [9.17, 15) is 0 Å². The van der Waals surface area contributed by atoms with Crippen molar-refractivity contribution in [2.45, 2.75) is 51.1 Å². The van der Waals surface area contributed by atoms with Gasteiger partial charge in [0.2, 0.25) is 0 Å². The molecule has 0 aromatic rings. The van der Waals surface area contributed by atoms with E-state index in [1.165, 1.54) is 25.7 Å². The Hall–Kier alpha value is -0.810. The highest BCUT2D eigenvalue weighted by Gasteiger charge is 2.28. The Labute approximate surface area is 123 Å². The summed E-state index contributed by atoms with van der Waals surface area (Å²) in [6.07, 6.45) is 5.23. The van der Waals surface area contributed by atoms with Gasteiger partial charge in [-0.05, 0) is 26.7 Å². The van der Waals surface area contributed by atoms with Crippen molar-refractivity contribution in [3.63, 3.8) is 0 Å². The molecule has 0 unspecified atom stereocenters. The lowest BCUT2D eigenvalue weighted by atomic mass is 10.0. The SMILES string of the molecule is CN=C(NCC(C)(C)N1CCOCC1)NC1CCCC1. The van der Waals surface area contributed by atoms with Crippen LogP contribution in [0.4, 0.5) is 0 Å². The van der Waals surface area contributed by atoms with Crippen molar-refractivity contribution in [2.24, 2.45) is 4.99 Å². The lowest BCUT2D eigenvalue weighted by Crippen LogP contribution is -2.57. The van der Waals surface area contributed by atoms with Gasteiger partial charge >= 0.3 is 0 Å². The average molecular weight is 282 g/mol. The Balaban J connectivity index is 1.78. The fourth-order valence-electron chi connectivity index (χ4n) is 3.04. The number of hydrogen-bond acceptors (Lipinski definition) is 3. The predicted octanol–water partition coefficient (Wildman–Crippen LogP) is 1.20. The van der Waals surface area contributed by atoms with Crippen molar-refractivity contribution in [3.05, 3.63) is 0 Å². The van der Waals surface area contributed by atoms with Crippen molar-refractivity contribution in [1.29, 1.82) is 0 Å². The van der Waals surface area contributed by atoms with E-state index in [1.807, 2.05) is 7.05 Å². The Morgan fingerprint density at radius 2 is 1.90 bits per heavy atom. The third kappa shape index (κ3) is 4.35. The van der Waals surface area contributed by atoms with E-state index in [2.05, 4.69) is 34.4 Å². The molecule has 2 fully saturated rings. The van der Waals surface area contributed by atoms with Gasteiger partial charge in [0.25, 0.3) is 0 Å². The third-order valence-electron chi connectivity index (χ3n) is 4.48. The first-order valence-corrected chi connectivity index (χ1v) is 7.92. The van der Waals surface area contributed by atoms with E-state index in [4.69, 9.17) is 4.74 Å². The minimum Gasteiger partial charge on any atom is -0.379 e. The zero-order chi connectivity index (χ0) is 14.4. The fourth-order valence-corrected chi connectivity index (χ4v) is 3.04. The van der Waals surface area contributed by atoms with Crippen LogP contribution >= 0.6 is 0 Å². The first kappa shape index (κ1) is 15.6. The van der Waals surface area contributed by atoms with Crippen LogP contribution in [0.25, 0.3) is 0 Å². The van der Waals surface area contributed by atoms with Crippen LogP contribution in [0.1, 0.15) is 39.5 Å². The minimum atomic E-state index is 0.122. The minimum absolute atomic E-state index is 0.122. The standard InChI is InChI=1S/C15H30N4O/c1-15(2,19-8-10-20-11-9-19)12-17-14(16-3)18-13-6-4-5-7-13/h13H,4-12H2,1-3H3,(H2,16,17,18). The topological polar surface area (TPSA) is 48.9 Å². The third-order valence-corrected chi connectivity index (χ3v) is 4.48. The largest absolute Gasteiger partial charge is 0.379 e. The molecule has 1 saturated carbocycles. The van der Waals surface area contributed by atoms with Gasteiger partial charge in [-0.15, -0.1) is 0 Å². The highest BCUT2D eigenvalue weighted by molar-refractivity contribution is 5.80. The molecule has 0 aromatic heterocycles. The zero-order valence-corrected chi connectivity index (χ0v) is 13.2. The molecule has 0 radical (unpaired) electrons. The van der Waals surface area contributed by atoms with E-state index in [-0.39, 0.29) is 5.54 Å². The molecule has 2 aliphatic rings. The number of guanidine groups is 1. The Morgan fingerprint density at radius 1 is 1.25 bits per heavy atom. The lowest BCUT2D eigenvalue weighted by Gasteiger charge is -2.41. The first-order chi connectivity index (χ1) is 9.62. The van der Waals surface area contributed by atoms with Gasteiger partial charge in [-0.2, -0.15) is 0 Å². The quantitative estimate of drug-likeness (QED) is 0.601. The van der Waals surface area contributed by atoms with E-state index in [0.29, 0.717) is 6.04 Å². The van der Waals surface area contributed by atoms with E-state index in [1.54, 1.807) is 0 Å². The summed E-state index contributed by atoms with van der Waals surface area (Å²) < 4.78 is 5.43. The average Bonchev–Trinajstić information content (AvgIpc) is 2.97. The molecule has 0 spiro atoms. The highest BCUT2D eigenvalue weighted by atomic mass is 16.5. The molecule has 0 bridgehead atoms. The smallest absolute Gasteiger partial charge is 0.191 e. The highest BCUT2D eigenvalue weighted by Crippen LogP contribution is 2.18. The number of ether oxygens (including phenoxy) is 1. The molecule has 1 saturated heterocycles. The molecule has 0 amide bonds. The summed E-state index contributed by atoms with van der Waals surface area (Å²) in [6, 6.07) is 0.604. The molecular weight excluding hydrogens is 252 g/mol. The van der Waals surface area contributed by atoms with Crippen LogP contribution in [0.15, 0.2) is 4.99 Å². The van der Waals surface area contributed by atoms with Gasteiger partial charge in [0.05, 0.1) is 13.2 Å². The van der Waals surface area contributed by atoms with Gasteiger partial charge in [0.1, 0.15) is 0 Å². The van der Waals surface area contributed by atoms with Crippen LogP contribution in [0.5, 0.6) is 0 Å². The predicted molar refractivity (Wildman–Crippen MR) is 83.2 cm³/mol. The number of aliphatic imine (C=N–C) groups is 1. The van der Waals surface area contributed by atoms with Crippen molar-refractivity contribution in [2.75, 3.05) is 39.9 Å². The van der Waals surface area contributed by atoms with E-state index < -0.39 is 0 Å². The number of nitrogens with one attached hydrogen (secondary N) is 2. The van der Waals surface area contributed by atoms with Gasteiger partial charge in [-0.1, -0.05) is 12.8 Å². The molecule has 20 heavy (non-hydrogen) atoms. The molecule has 1 aliphatic heterocycles. The second-order valence-corrected chi connectivity index (χ2v) is 6.46. The lowest BCUT2D eigenvalue weighted by molar-refractivity contribution is -0.00834. The van der Waals surface area contributed by atoms with Crippen molar-refractivity contribution in [1.82, 2.24) is 15.5 Å². The van der Waals surface area contributed by atoms with Crippen LogP contribution in [-0.2, 0) is 4.74 Å².